The van der Waals surface area contributed by atoms with Gasteiger partial charge in [0.1, 0.15) is 18.4 Å². The van der Waals surface area contributed by atoms with Crippen LogP contribution in [0.5, 0.6) is 5.75 Å². The topological polar surface area (TPSA) is 80.8 Å². The Bertz CT molecular complexity index is 899. The van der Waals surface area contributed by atoms with Crippen molar-refractivity contribution in [3.63, 3.8) is 0 Å². The van der Waals surface area contributed by atoms with Crippen LogP contribution < -0.4 is 10.5 Å². The van der Waals surface area contributed by atoms with Gasteiger partial charge in [-0.25, -0.2) is 0 Å². The van der Waals surface area contributed by atoms with Gasteiger partial charge in [-0.3, -0.25) is 14.5 Å². The van der Waals surface area contributed by atoms with Crippen molar-refractivity contribution in [1.29, 1.82) is 0 Å². The van der Waals surface area contributed by atoms with Crippen LogP contribution in [0.25, 0.3) is 10.9 Å². The number of hydrogen-bond acceptors (Lipinski definition) is 4. The molecule has 7 heteroatoms. The molecule has 156 valence electrons. The lowest BCUT2D eigenvalue weighted by Crippen LogP contribution is -2.48. The van der Waals surface area contributed by atoms with Crippen LogP contribution in [0.1, 0.15) is 33.1 Å². The Kier molecular flexibility index (Phi) is 5.50. The molecule has 0 saturated carbocycles. The van der Waals surface area contributed by atoms with Crippen molar-refractivity contribution in [3.8, 4) is 5.75 Å². The molecule has 2 N–H and O–H groups in total. The van der Waals surface area contributed by atoms with Gasteiger partial charge in [0, 0.05) is 37.3 Å². The largest absolute Gasteiger partial charge is 0.490 e. The molecular weight excluding hydrogens is 368 g/mol. The number of benzene rings is 1. The molecule has 2 saturated heterocycles. The monoisotopic (exact) mass is 398 g/mol. The molecule has 4 rings (SSSR count). The number of nitrogens with zero attached hydrogens (tertiary/aromatic N) is 3. The van der Waals surface area contributed by atoms with Gasteiger partial charge in [0.05, 0.1) is 11.6 Å². The number of fused-ring (bicyclic) bond motifs is 1. The molecule has 0 radical (unpaired) electrons. The van der Waals surface area contributed by atoms with E-state index < -0.39 is 0 Å². The minimum absolute atomic E-state index is 0.0320. The average Bonchev–Trinajstić information content (AvgIpc) is 3.27. The number of rotatable bonds is 6. The molecule has 2 aromatic rings. The minimum atomic E-state index is -0.362. The molecule has 1 atom stereocenters. The number of carbonyl (C=O) groups is 2. The Morgan fingerprint density at radius 2 is 1.93 bits per heavy atom. The van der Waals surface area contributed by atoms with Crippen LogP contribution in [0.15, 0.2) is 30.5 Å². The highest BCUT2D eigenvalue weighted by atomic mass is 16.5. The van der Waals surface area contributed by atoms with Crippen LogP contribution in [0.4, 0.5) is 0 Å². The van der Waals surface area contributed by atoms with Crippen LogP contribution in [0, 0.1) is 0 Å². The third kappa shape index (κ3) is 3.96. The summed E-state index contributed by atoms with van der Waals surface area (Å²) in [6.07, 6.45) is 4.74. The molecule has 1 aromatic carbocycles. The van der Waals surface area contributed by atoms with Crippen molar-refractivity contribution in [2.24, 2.45) is 5.73 Å². The Hall–Kier alpha value is -2.54. The number of piperidine rings is 1. The van der Waals surface area contributed by atoms with Gasteiger partial charge in [0.25, 0.3) is 0 Å². The fraction of sp³-hybridized carbons (Fsp3) is 0.545. The number of likely N-dealkylation sites (tertiary alicyclic amines) is 2. The lowest BCUT2D eigenvalue weighted by atomic mass is 10.0. The second kappa shape index (κ2) is 8.06. The first-order chi connectivity index (χ1) is 13.9. The van der Waals surface area contributed by atoms with Crippen LogP contribution in [-0.4, -0.2) is 64.0 Å². The summed E-state index contributed by atoms with van der Waals surface area (Å²) in [6, 6.07) is 8.17. The predicted octanol–water partition coefficient (Wildman–Crippen LogP) is 1.98. The van der Waals surface area contributed by atoms with Gasteiger partial charge in [-0.2, -0.15) is 0 Å². The molecule has 2 aliphatic rings. The van der Waals surface area contributed by atoms with E-state index in [1.807, 2.05) is 39.9 Å². The summed E-state index contributed by atoms with van der Waals surface area (Å²) >= 11 is 0. The normalized spacial score (nSPS) is 21.4. The van der Waals surface area contributed by atoms with Crippen molar-refractivity contribution >= 4 is 22.7 Å². The first-order valence-corrected chi connectivity index (χ1v) is 10.5. The Morgan fingerprint density at radius 3 is 2.59 bits per heavy atom. The van der Waals surface area contributed by atoms with Gasteiger partial charge in [0.15, 0.2) is 0 Å². The first kappa shape index (κ1) is 19.8. The van der Waals surface area contributed by atoms with Crippen LogP contribution in [0.2, 0.25) is 0 Å². The molecule has 29 heavy (non-hydrogen) atoms. The maximum atomic E-state index is 12.7. The molecule has 7 nitrogen and oxygen atoms in total. The molecular formula is C22H30N4O3. The average molecular weight is 399 g/mol. The van der Waals surface area contributed by atoms with Crippen molar-refractivity contribution in [2.45, 2.75) is 57.8 Å². The number of nitrogens with two attached hydrogens (primary N) is 1. The molecule has 3 heterocycles. The minimum Gasteiger partial charge on any atom is -0.490 e. The SMILES string of the molecule is CC(C)N1CCC(N2CCC(Oc3cccc4c3ccn4CC(N)=O)CC2)C1=O. The van der Waals surface area contributed by atoms with Crippen LogP contribution in [-0.2, 0) is 16.1 Å². The summed E-state index contributed by atoms with van der Waals surface area (Å²) in [4.78, 5) is 28.3. The fourth-order valence-corrected chi connectivity index (χ4v) is 4.63. The lowest BCUT2D eigenvalue weighted by Gasteiger charge is -2.35. The number of ether oxygens (including phenoxy) is 1. The summed E-state index contributed by atoms with van der Waals surface area (Å²) in [6.45, 7) is 6.95. The number of hydrogen-bond donors (Lipinski definition) is 1. The van der Waals surface area contributed by atoms with E-state index in [0.717, 1.165) is 55.5 Å². The molecule has 0 bridgehead atoms. The zero-order chi connectivity index (χ0) is 20.5. The number of carbonyl (C=O) groups excluding carboxylic acids is 2. The van der Waals surface area contributed by atoms with E-state index in [0.29, 0.717) is 0 Å². The third-order valence-corrected chi connectivity index (χ3v) is 6.15. The molecule has 2 fully saturated rings. The molecule has 0 aliphatic carbocycles. The molecule has 2 aliphatic heterocycles. The van der Waals surface area contributed by atoms with Crippen molar-refractivity contribution < 1.29 is 14.3 Å². The lowest BCUT2D eigenvalue weighted by molar-refractivity contribution is -0.134. The first-order valence-electron chi connectivity index (χ1n) is 10.5. The Labute approximate surface area is 171 Å². The summed E-state index contributed by atoms with van der Waals surface area (Å²) in [5, 5.41) is 0.995. The zero-order valence-electron chi connectivity index (χ0n) is 17.2. The van der Waals surface area contributed by atoms with Crippen molar-refractivity contribution in [2.75, 3.05) is 19.6 Å². The van der Waals surface area contributed by atoms with E-state index in [1.54, 1.807) is 0 Å². The van der Waals surface area contributed by atoms with Gasteiger partial charge in [0.2, 0.25) is 11.8 Å². The maximum Gasteiger partial charge on any atom is 0.240 e. The molecule has 1 unspecified atom stereocenters. The highest BCUT2D eigenvalue weighted by molar-refractivity contribution is 5.88. The van der Waals surface area contributed by atoms with Crippen molar-refractivity contribution in [1.82, 2.24) is 14.4 Å². The zero-order valence-corrected chi connectivity index (χ0v) is 17.2. The maximum absolute atomic E-state index is 12.7. The smallest absolute Gasteiger partial charge is 0.240 e. The van der Waals surface area contributed by atoms with E-state index in [4.69, 9.17) is 10.5 Å². The van der Waals surface area contributed by atoms with E-state index >= 15 is 0 Å². The standard InChI is InChI=1S/C22H30N4O3/c1-15(2)26-13-9-19(22(26)28)24-10-6-16(7-11-24)29-20-5-3-4-18-17(20)8-12-25(18)14-21(23)27/h3-5,8,12,15-16,19H,6-7,9-11,13-14H2,1-2H3,(H2,23,27). The second-order valence-electron chi connectivity index (χ2n) is 8.38. The van der Waals surface area contributed by atoms with E-state index in [2.05, 4.69) is 18.7 Å². The van der Waals surface area contributed by atoms with Crippen LogP contribution in [0.3, 0.4) is 0 Å². The van der Waals surface area contributed by atoms with Crippen molar-refractivity contribution in [3.05, 3.63) is 30.5 Å². The fourth-order valence-electron chi connectivity index (χ4n) is 4.63. The third-order valence-electron chi connectivity index (χ3n) is 6.15. The molecule has 2 amide bonds. The van der Waals surface area contributed by atoms with E-state index in [9.17, 15) is 9.59 Å². The van der Waals surface area contributed by atoms with Crippen LogP contribution >= 0.6 is 0 Å². The predicted molar refractivity (Wildman–Crippen MR) is 112 cm³/mol. The number of amides is 2. The highest BCUT2D eigenvalue weighted by Crippen LogP contribution is 2.30. The van der Waals surface area contributed by atoms with Gasteiger partial charge in [-0.05, 0) is 51.3 Å². The summed E-state index contributed by atoms with van der Waals surface area (Å²) in [5.74, 6) is 0.755. The van der Waals surface area contributed by atoms with E-state index in [1.165, 1.54) is 0 Å². The number of aromatic nitrogens is 1. The Balaban J connectivity index is 1.39. The molecule has 1 aromatic heterocycles. The van der Waals surface area contributed by atoms with Gasteiger partial charge < -0.3 is 19.9 Å². The highest BCUT2D eigenvalue weighted by Gasteiger charge is 2.38. The second-order valence-corrected chi connectivity index (χ2v) is 8.38. The summed E-state index contributed by atoms with van der Waals surface area (Å²) in [5.41, 5.74) is 6.29. The van der Waals surface area contributed by atoms with E-state index in [-0.39, 0.29) is 36.5 Å². The Morgan fingerprint density at radius 1 is 1.17 bits per heavy atom. The van der Waals surface area contributed by atoms with Gasteiger partial charge in [-0.15, -0.1) is 0 Å². The quantitative estimate of drug-likeness (QED) is 0.807. The number of primary amides is 1. The molecule has 0 spiro atoms. The summed E-state index contributed by atoms with van der Waals surface area (Å²) in [7, 11) is 0. The van der Waals surface area contributed by atoms with Gasteiger partial charge in [-0.1, -0.05) is 6.07 Å². The summed E-state index contributed by atoms with van der Waals surface area (Å²) < 4.78 is 8.18. The van der Waals surface area contributed by atoms with Gasteiger partial charge >= 0.3 is 0 Å².